The molecule has 1 amide bonds. The van der Waals surface area contributed by atoms with Crippen LogP contribution in [0.5, 0.6) is 0 Å². The highest BCUT2D eigenvalue weighted by molar-refractivity contribution is 5.67. The summed E-state index contributed by atoms with van der Waals surface area (Å²) in [6.07, 6.45) is 1.53. The van der Waals surface area contributed by atoms with Gasteiger partial charge in [-0.1, -0.05) is 89.6 Å². The van der Waals surface area contributed by atoms with Gasteiger partial charge in [-0.2, -0.15) is 0 Å². The second-order valence-electron chi connectivity index (χ2n) is 9.77. The summed E-state index contributed by atoms with van der Waals surface area (Å²) in [5.41, 5.74) is 1.87. The minimum atomic E-state index is -1.73. The molecule has 1 heterocycles. The summed E-state index contributed by atoms with van der Waals surface area (Å²) in [5.74, 6) is 0.763. The fourth-order valence-corrected chi connectivity index (χ4v) is 4.45. The molecule has 1 fully saturated rings. The van der Waals surface area contributed by atoms with Gasteiger partial charge in [-0.05, 0) is 40.5 Å². The molecule has 0 radical (unpaired) electrons. The summed E-state index contributed by atoms with van der Waals surface area (Å²) in [6.45, 7) is 11.6. The van der Waals surface area contributed by atoms with E-state index in [1.54, 1.807) is 0 Å². The van der Waals surface area contributed by atoms with Crippen molar-refractivity contribution >= 4 is 6.09 Å². The topological polar surface area (TPSA) is 50.4 Å². The molecule has 3 rings (SSSR count). The third-order valence-corrected chi connectivity index (χ3v) is 6.64. The van der Waals surface area contributed by atoms with Crippen LogP contribution in [0.2, 0.25) is 0 Å². The zero-order valence-corrected chi connectivity index (χ0v) is 20.7. The van der Waals surface area contributed by atoms with Gasteiger partial charge in [0.1, 0.15) is 6.10 Å². The lowest BCUT2D eigenvalue weighted by Gasteiger charge is -2.33. The van der Waals surface area contributed by atoms with Crippen LogP contribution in [0, 0.1) is 0 Å². The Morgan fingerprint density at radius 2 is 1.55 bits per heavy atom. The van der Waals surface area contributed by atoms with Gasteiger partial charge >= 0.3 is 6.09 Å². The van der Waals surface area contributed by atoms with Crippen LogP contribution in [-0.2, 0) is 10.4 Å². The molecule has 1 aliphatic rings. The molecule has 0 aliphatic carbocycles. The van der Waals surface area contributed by atoms with Gasteiger partial charge in [0.15, 0.2) is 5.67 Å². The highest BCUT2D eigenvalue weighted by Crippen LogP contribution is 2.41. The monoisotopic (exact) mass is 454 g/mol. The molecule has 1 aliphatic heterocycles. The first-order valence-corrected chi connectivity index (χ1v) is 12.3. The Morgan fingerprint density at radius 1 is 1.03 bits per heavy atom. The number of nitrogens with one attached hydrogen (secondary N) is 2. The molecule has 1 unspecified atom stereocenters. The number of amides is 1. The van der Waals surface area contributed by atoms with Gasteiger partial charge in [0, 0.05) is 19.5 Å². The van der Waals surface area contributed by atoms with Crippen LogP contribution in [0.4, 0.5) is 9.18 Å². The molecule has 1 saturated heterocycles. The van der Waals surface area contributed by atoms with Crippen molar-refractivity contribution in [2.24, 2.45) is 0 Å². The largest absolute Gasteiger partial charge is 0.445 e. The van der Waals surface area contributed by atoms with Crippen LogP contribution in [0.25, 0.3) is 0 Å². The number of rotatable bonds is 9. The molecule has 2 atom stereocenters. The molecule has 2 aromatic rings. The number of carbonyl (C=O) groups is 1. The Morgan fingerprint density at radius 3 is 2.00 bits per heavy atom. The van der Waals surface area contributed by atoms with Crippen LogP contribution in [0.1, 0.15) is 88.0 Å². The first-order chi connectivity index (χ1) is 15.8. The van der Waals surface area contributed by atoms with Crippen LogP contribution in [-0.4, -0.2) is 31.3 Å². The molecule has 0 aromatic heterocycles. The predicted molar refractivity (Wildman–Crippen MR) is 133 cm³/mol. The zero-order chi connectivity index (χ0) is 24.0. The molecule has 0 spiro atoms. The number of unbranched alkanes of at least 4 members (excludes halogenated alkanes) is 1. The zero-order valence-electron chi connectivity index (χ0n) is 20.7. The van der Waals surface area contributed by atoms with Gasteiger partial charge < -0.3 is 15.4 Å². The number of alkyl carbamates (subject to hydrolysis) is 1. The molecule has 33 heavy (non-hydrogen) atoms. The van der Waals surface area contributed by atoms with Crippen molar-refractivity contribution in [3.05, 3.63) is 70.8 Å². The summed E-state index contributed by atoms with van der Waals surface area (Å²) >= 11 is 0. The smallest absolute Gasteiger partial charge is 0.407 e. The predicted octanol–water partition coefficient (Wildman–Crippen LogP) is 6.40. The van der Waals surface area contributed by atoms with E-state index in [2.05, 4.69) is 45.3 Å². The maximum Gasteiger partial charge on any atom is 0.407 e. The van der Waals surface area contributed by atoms with Crippen LogP contribution < -0.4 is 10.6 Å². The molecule has 4 nitrogen and oxygen atoms in total. The Bertz CT molecular complexity index is 842. The van der Waals surface area contributed by atoms with Gasteiger partial charge in [0.2, 0.25) is 0 Å². The van der Waals surface area contributed by atoms with E-state index < -0.39 is 17.8 Å². The van der Waals surface area contributed by atoms with Gasteiger partial charge in [-0.3, -0.25) is 0 Å². The average Bonchev–Trinajstić information content (AvgIpc) is 3.27. The Labute approximate surface area is 198 Å². The normalized spacial score (nSPS) is 18.7. The van der Waals surface area contributed by atoms with E-state index in [-0.39, 0.29) is 6.10 Å². The van der Waals surface area contributed by atoms with E-state index in [0.29, 0.717) is 42.5 Å². The van der Waals surface area contributed by atoms with Crippen LogP contribution in [0.15, 0.2) is 48.5 Å². The van der Waals surface area contributed by atoms with Crippen molar-refractivity contribution in [2.75, 3.05) is 13.1 Å². The minimum absolute atomic E-state index is 0.364. The Hall–Kier alpha value is -2.40. The summed E-state index contributed by atoms with van der Waals surface area (Å²) in [5, 5.41) is 6.09. The van der Waals surface area contributed by atoms with Crippen LogP contribution >= 0.6 is 0 Å². The Kier molecular flexibility index (Phi) is 8.52. The fourth-order valence-electron chi connectivity index (χ4n) is 4.45. The quantitative estimate of drug-likeness (QED) is 0.431. The van der Waals surface area contributed by atoms with Gasteiger partial charge in [0.05, 0.1) is 6.04 Å². The molecule has 180 valence electrons. The van der Waals surface area contributed by atoms with E-state index >= 15 is 4.39 Å². The van der Waals surface area contributed by atoms with E-state index in [1.807, 2.05) is 48.5 Å². The second-order valence-corrected chi connectivity index (χ2v) is 9.77. The van der Waals surface area contributed by atoms with Crippen LogP contribution in [0.3, 0.4) is 0 Å². The average molecular weight is 455 g/mol. The first-order valence-electron chi connectivity index (χ1n) is 12.3. The number of hydrogen-bond donors (Lipinski definition) is 2. The van der Waals surface area contributed by atoms with E-state index in [9.17, 15) is 4.79 Å². The summed E-state index contributed by atoms with van der Waals surface area (Å²) < 4.78 is 22.7. The number of benzene rings is 2. The third-order valence-electron chi connectivity index (χ3n) is 6.64. The lowest BCUT2D eigenvalue weighted by Crippen LogP contribution is -2.42. The van der Waals surface area contributed by atoms with Crippen molar-refractivity contribution in [1.82, 2.24) is 10.6 Å². The molecular formula is C28H39FN2O2. The lowest BCUT2D eigenvalue weighted by molar-refractivity contribution is 0.0978. The molecule has 0 bridgehead atoms. The van der Waals surface area contributed by atoms with Gasteiger partial charge in [-0.15, -0.1) is 0 Å². The maximum absolute atomic E-state index is 17.2. The SMILES string of the molecule is CCCCNC(=O)O[C@H]1CNC(C(F)(c2ccc(C(C)C)cc2)c2ccc(C(C)C)cc2)C1. The minimum Gasteiger partial charge on any atom is -0.445 e. The Balaban J connectivity index is 1.85. The number of carbonyl (C=O) groups excluding carboxylic acids is 1. The van der Waals surface area contributed by atoms with E-state index in [1.165, 1.54) is 11.1 Å². The van der Waals surface area contributed by atoms with E-state index in [4.69, 9.17) is 4.74 Å². The highest BCUT2D eigenvalue weighted by atomic mass is 19.1. The summed E-state index contributed by atoms with van der Waals surface area (Å²) in [4.78, 5) is 12.1. The van der Waals surface area contributed by atoms with Crippen molar-refractivity contribution in [2.45, 2.75) is 83.5 Å². The standard InChI is InChI=1S/C28H39FN2O2/c1-6-7-16-30-27(32)33-25-17-26(31-18-25)28(29,23-12-8-21(9-13-23)19(2)3)24-14-10-22(11-15-24)20(4)5/h8-15,19-20,25-26,31H,6-7,16-18H2,1-5H3,(H,30,32)/t25-,26?/m1/s1. The molecule has 2 aromatic carbocycles. The van der Waals surface area contributed by atoms with E-state index in [0.717, 1.165) is 12.8 Å². The van der Waals surface area contributed by atoms with Gasteiger partial charge in [0.25, 0.3) is 0 Å². The summed E-state index contributed by atoms with van der Waals surface area (Å²) in [6, 6.07) is 15.2. The number of ether oxygens (including phenoxy) is 1. The van der Waals surface area contributed by atoms with Gasteiger partial charge in [-0.25, -0.2) is 9.18 Å². The number of alkyl halides is 1. The molecule has 2 N–H and O–H groups in total. The second kappa shape index (κ2) is 11.1. The number of hydrogen-bond acceptors (Lipinski definition) is 3. The number of halogens is 1. The van der Waals surface area contributed by atoms with Crippen molar-refractivity contribution < 1.29 is 13.9 Å². The third kappa shape index (κ3) is 5.94. The molecular weight excluding hydrogens is 415 g/mol. The summed E-state index contributed by atoms with van der Waals surface area (Å²) in [7, 11) is 0. The molecule has 5 heteroatoms. The van der Waals surface area contributed by atoms with Crippen molar-refractivity contribution in [3.8, 4) is 0 Å². The maximum atomic E-state index is 17.2. The molecule has 0 saturated carbocycles. The first kappa shape index (κ1) is 25.2. The fraction of sp³-hybridized carbons (Fsp3) is 0.536. The van der Waals surface area contributed by atoms with Crippen molar-refractivity contribution in [3.63, 3.8) is 0 Å². The lowest BCUT2D eigenvalue weighted by atomic mass is 9.80. The van der Waals surface area contributed by atoms with Crippen molar-refractivity contribution in [1.29, 1.82) is 0 Å². The highest BCUT2D eigenvalue weighted by Gasteiger charge is 2.47.